The van der Waals surface area contributed by atoms with Gasteiger partial charge in [0.2, 0.25) is 5.82 Å². The second kappa shape index (κ2) is 9.17. The van der Waals surface area contributed by atoms with Gasteiger partial charge in [-0.1, -0.05) is 0 Å². The zero-order valence-corrected chi connectivity index (χ0v) is 17.0. The monoisotopic (exact) mass is 410 g/mol. The summed E-state index contributed by atoms with van der Waals surface area (Å²) < 4.78 is 14.6. The van der Waals surface area contributed by atoms with E-state index in [0.717, 1.165) is 5.69 Å². The van der Waals surface area contributed by atoms with Crippen LogP contribution in [0.25, 0.3) is 0 Å². The van der Waals surface area contributed by atoms with Crippen molar-refractivity contribution in [2.75, 3.05) is 35.3 Å². The highest BCUT2D eigenvalue weighted by atomic mass is 19.1. The van der Waals surface area contributed by atoms with Gasteiger partial charge in [0.15, 0.2) is 0 Å². The van der Waals surface area contributed by atoms with Crippen LogP contribution in [0.15, 0.2) is 54.9 Å². The van der Waals surface area contributed by atoms with E-state index in [1.165, 1.54) is 12.1 Å². The van der Waals surface area contributed by atoms with Crippen LogP contribution in [0.4, 0.5) is 38.8 Å². The van der Waals surface area contributed by atoms with Gasteiger partial charge in [0.05, 0.1) is 22.5 Å². The van der Waals surface area contributed by atoms with Gasteiger partial charge in [0.1, 0.15) is 11.6 Å². The van der Waals surface area contributed by atoms with E-state index in [1.807, 2.05) is 24.8 Å². The number of benzene rings is 1. The molecule has 0 saturated carbocycles. The highest BCUT2D eigenvalue weighted by molar-refractivity contribution is 5.71. The molecule has 0 aliphatic heterocycles. The third-order valence-corrected chi connectivity index (χ3v) is 4.75. The predicted molar refractivity (Wildman–Crippen MR) is 116 cm³/mol. The lowest BCUT2D eigenvalue weighted by atomic mass is 10.2. The highest BCUT2D eigenvalue weighted by Crippen LogP contribution is 2.31. The van der Waals surface area contributed by atoms with Crippen LogP contribution >= 0.6 is 0 Å². The van der Waals surface area contributed by atoms with Crippen molar-refractivity contribution in [1.82, 2.24) is 9.97 Å². The largest absolute Gasteiger partial charge is 0.370 e. The molecule has 0 aliphatic carbocycles. The highest BCUT2D eigenvalue weighted by Gasteiger charge is 2.19. The van der Waals surface area contributed by atoms with Crippen LogP contribution in [0.3, 0.4) is 0 Å². The molecular formula is C21H23FN6O2. The molecule has 0 bridgehead atoms. The first-order chi connectivity index (χ1) is 14.4. The van der Waals surface area contributed by atoms with Crippen LogP contribution in [-0.4, -0.2) is 35.0 Å². The Kier molecular flexibility index (Phi) is 6.41. The van der Waals surface area contributed by atoms with Crippen LogP contribution in [0.1, 0.15) is 13.8 Å². The SMILES string of the molecule is CCN(CC)c1ccc(Nc2nc(N(C)c3cccnc3)ccc2[N+](=O)[O-])cc1F. The third kappa shape index (κ3) is 4.45. The number of nitro groups is 1. The van der Waals surface area contributed by atoms with E-state index >= 15 is 0 Å². The molecule has 30 heavy (non-hydrogen) atoms. The van der Waals surface area contributed by atoms with E-state index < -0.39 is 10.7 Å². The van der Waals surface area contributed by atoms with Gasteiger partial charge in [0, 0.05) is 38.1 Å². The second-order valence-corrected chi connectivity index (χ2v) is 6.53. The van der Waals surface area contributed by atoms with Crippen molar-refractivity contribution in [2.45, 2.75) is 13.8 Å². The van der Waals surface area contributed by atoms with Crippen molar-refractivity contribution < 1.29 is 9.31 Å². The molecule has 0 amide bonds. The first kappa shape index (κ1) is 21.0. The van der Waals surface area contributed by atoms with Crippen LogP contribution < -0.4 is 15.1 Å². The number of hydrogen-bond donors (Lipinski definition) is 1. The molecule has 2 heterocycles. The average molecular weight is 410 g/mol. The maximum absolute atomic E-state index is 14.6. The fourth-order valence-corrected chi connectivity index (χ4v) is 3.09. The molecule has 3 aromatic rings. The van der Waals surface area contributed by atoms with Gasteiger partial charge in [0.25, 0.3) is 0 Å². The summed E-state index contributed by atoms with van der Waals surface area (Å²) in [5.74, 6) is 0.106. The molecule has 2 aromatic heterocycles. The summed E-state index contributed by atoms with van der Waals surface area (Å²) in [6.45, 7) is 5.26. The topological polar surface area (TPSA) is 87.4 Å². The number of nitrogens with one attached hydrogen (secondary N) is 1. The molecule has 0 aliphatic rings. The quantitative estimate of drug-likeness (QED) is 0.418. The molecule has 0 saturated heterocycles. The Labute approximate surface area is 174 Å². The lowest BCUT2D eigenvalue weighted by molar-refractivity contribution is -0.384. The van der Waals surface area contributed by atoms with Gasteiger partial charge in [-0.2, -0.15) is 0 Å². The standard InChI is InChI=1S/C21H23FN6O2/c1-4-27(5-2)18-9-8-15(13-17(18)22)24-21-19(28(29)30)10-11-20(25-21)26(3)16-7-6-12-23-14-16/h6-14H,4-5H2,1-3H3,(H,24,25). The van der Waals surface area contributed by atoms with Gasteiger partial charge in [-0.25, -0.2) is 9.37 Å². The molecule has 9 heteroatoms. The van der Waals surface area contributed by atoms with Gasteiger partial charge in [-0.3, -0.25) is 15.1 Å². The van der Waals surface area contributed by atoms with E-state index in [4.69, 9.17) is 0 Å². The van der Waals surface area contributed by atoms with Crippen LogP contribution in [0.2, 0.25) is 0 Å². The molecule has 3 rings (SSSR count). The number of pyridine rings is 2. The van der Waals surface area contributed by atoms with Crippen molar-refractivity contribution in [3.05, 3.63) is 70.8 Å². The minimum absolute atomic E-state index is 0.0308. The second-order valence-electron chi connectivity index (χ2n) is 6.53. The number of halogens is 1. The molecule has 0 spiro atoms. The van der Waals surface area contributed by atoms with Crippen molar-refractivity contribution in [1.29, 1.82) is 0 Å². The Morgan fingerprint density at radius 2 is 1.93 bits per heavy atom. The number of hydrogen-bond acceptors (Lipinski definition) is 7. The molecule has 8 nitrogen and oxygen atoms in total. The average Bonchev–Trinajstić information content (AvgIpc) is 2.76. The molecule has 0 atom stereocenters. The van der Waals surface area contributed by atoms with Crippen LogP contribution in [0.5, 0.6) is 0 Å². The molecular weight excluding hydrogens is 387 g/mol. The number of aromatic nitrogens is 2. The molecule has 156 valence electrons. The van der Waals surface area contributed by atoms with Crippen LogP contribution in [0, 0.1) is 15.9 Å². The van der Waals surface area contributed by atoms with E-state index in [-0.39, 0.29) is 11.5 Å². The van der Waals surface area contributed by atoms with Gasteiger partial charge < -0.3 is 15.1 Å². The summed E-state index contributed by atoms with van der Waals surface area (Å²) in [5, 5.41) is 14.4. The number of nitrogens with zero attached hydrogens (tertiary/aromatic N) is 5. The minimum atomic E-state index is -0.524. The van der Waals surface area contributed by atoms with E-state index in [0.29, 0.717) is 30.3 Å². The maximum atomic E-state index is 14.6. The van der Waals surface area contributed by atoms with Gasteiger partial charge in [-0.05, 0) is 50.2 Å². The summed E-state index contributed by atoms with van der Waals surface area (Å²) in [5.41, 5.74) is 1.43. The summed E-state index contributed by atoms with van der Waals surface area (Å²) in [6.07, 6.45) is 3.32. The number of rotatable bonds is 8. The zero-order chi connectivity index (χ0) is 21.7. The lowest BCUT2D eigenvalue weighted by Gasteiger charge is -2.22. The first-order valence-electron chi connectivity index (χ1n) is 9.55. The molecule has 1 N–H and O–H groups in total. The van der Waals surface area contributed by atoms with Crippen molar-refractivity contribution in [2.24, 2.45) is 0 Å². The molecule has 0 radical (unpaired) electrons. The first-order valence-corrected chi connectivity index (χ1v) is 9.55. The van der Waals surface area contributed by atoms with Gasteiger partial charge >= 0.3 is 5.69 Å². The van der Waals surface area contributed by atoms with Crippen molar-refractivity contribution in [3.63, 3.8) is 0 Å². The summed E-state index contributed by atoms with van der Waals surface area (Å²) in [4.78, 5) is 23.1. The van der Waals surface area contributed by atoms with Crippen molar-refractivity contribution >= 4 is 34.4 Å². The third-order valence-electron chi connectivity index (χ3n) is 4.75. The molecule has 0 unspecified atom stereocenters. The minimum Gasteiger partial charge on any atom is -0.370 e. The van der Waals surface area contributed by atoms with Crippen molar-refractivity contribution in [3.8, 4) is 0 Å². The molecule has 0 fully saturated rings. The van der Waals surface area contributed by atoms with Crippen LogP contribution in [-0.2, 0) is 0 Å². The Morgan fingerprint density at radius 3 is 2.53 bits per heavy atom. The Morgan fingerprint density at radius 1 is 1.17 bits per heavy atom. The number of anilines is 5. The Balaban J connectivity index is 1.94. The van der Waals surface area contributed by atoms with Gasteiger partial charge in [-0.15, -0.1) is 0 Å². The fourth-order valence-electron chi connectivity index (χ4n) is 3.09. The Hall–Kier alpha value is -3.75. The summed E-state index contributed by atoms with van der Waals surface area (Å²) in [6, 6.07) is 11.2. The van der Waals surface area contributed by atoms with E-state index in [9.17, 15) is 14.5 Å². The predicted octanol–water partition coefficient (Wildman–Crippen LogP) is 4.88. The molecule has 1 aromatic carbocycles. The van der Waals surface area contributed by atoms with E-state index in [1.54, 1.807) is 48.6 Å². The summed E-state index contributed by atoms with van der Waals surface area (Å²) in [7, 11) is 1.79. The summed E-state index contributed by atoms with van der Waals surface area (Å²) >= 11 is 0. The normalized spacial score (nSPS) is 10.5. The Bertz CT molecular complexity index is 1030. The van der Waals surface area contributed by atoms with E-state index in [2.05, 4.69) is 15.3 Å². The maximum Gasteiger partial charge on any atom is 0.311 e. The fraction of sp³-hybridized carbons (Fsp3) is 0.238. The lowest BCUT2D eigenvalue weighted by Crippen LogP contribution is -2.22. The zero-order valence-electron chi connectivity index (χ0n) is 17.0. The smallest absolute Gasteiger partial charge is 0.311 e.